The maximum Gasteiger partial charge on any atom is 0.110 e. The molecule has 0 unspecified atom stereocenters. The van der Waals surface area contributed by atoms with E-state index >= 15 is 0 Å². The van der Waals surface area contributed by atoms with Gasteiger partial charge < -0.3 is 30.8 Å². The molecule has 0 aromatic rings. The third-order valence-corrected chi connectivity index (χ3v) is 2.86. The highest BCUT2D eigenvalue weighted by atomic mass is 16.4. The van der Waals surface area contributed by atoms with Gasteiger partial charge in [0.2, 0.25) is 0 Å². The Morgan fingerprint density at radius 1 is 0.929 bits per heavy atom. The van der Waals surface area contributed by atoms with Gasteiger partial charge in [-0.2, -0.15) is 0 Å². The zero-order chi connectivity index (χ0) is 10.9. The van der Waals surface area contributed by atoms with Crippen molar-refractivity contribution < 1.29 is 25.5 Å². The summed E-state index contributed by atoms with van der Waals surface area (Å²) in [6, 6.07) is -0.631. The van der Waals surface area contributed by atoms with E-state index in [1.807, 2.05) is 0 Å². The summed E-state index contributed by atoms with van der Waals surface area (Å²) in [4.78, 5) is 0. The summed E-state index contributed by atoms with van der Waals surface area (Å²) in [7, 11) is 1.55. The van der Waals surface area contributed by atoms with Crippen molar-refractivity contribution in [3.63, 3.8) is 0 Å². The second kappa shape index (κ2) is 4.52. The molecule has 1 rings (SSSR count). The third-order valence-electron chi connectivity index (χ3n) is 2.86. The molecule has 1 fully saturated rings. The van der Waals surface area contributed by atoms with E-state index in [2.05, 4.69) is 5.32 Å². The van der Waals surface area contributed by atoms with Crippen LogP contribution >= 0.6 is 0 Å². The molecule has 0 amide bonds. The first-order valence-electron chi connectivity index (χ1n) is 4.55. The van der Waals surface area contributed by atoms with Gasteiger partial charge in [-0.05, 0) is 7.05 Å². The third kappa shape index (κ3) is 1.77. The monoisotopic (exact) mass is 207 g/mol. The lowest BCUT2D eigenvalue weighted by Crippen LogP contribution is -2.65. The SMILES string of the molecule is CN[C@@H]1[C@@H](O)[C@H](O)[C@@H](O)[C@H](O)[C@@H]1CO. The Balaban J connectivity index is 2.84. The number of rotatable bonds is 2. The predicted molar refractivity (Wildman–Crippen MR) is 47.5 cm³/mol. The van der Waals surface area contributed by atoms with Gasteiger partial charge in [-0.3, -0.25) is 0 Å². The normalized spacial score (nSPS) is 49.3. The van der Waals surface area contributed by atoms with Crippen LogP contribution in [0, 0.1) is 5.92 Å². The lowest BCUT2D eigenvalue weighted by atomic mass is 9.77. The molecule has 1 aliphatic carbocycles. The van der Waals surface area contributed by atoms with Crippen molar-refractivity contribution in [3.8, 4) is 0 Å². The van der Waals surface area contributed by atoms with Crippen molar-refractivity contribution in [1.29, 1.82) is 0 Å². The average Bonchev–Trinajstić information content (AvgIpc) is 2.20. The van der Waals surface area contributed by atoms with E-state index < -0.39 is 36.4 Å². The molecule has 6 nitrogen and oxygen atoms in total. The van der Waals surface area contributed by atoms with Crippen molar-refractivity contribution in [3.05, 3.63) is 0 Å². The summed E-state index contributed by atoms with van der Waals surface area (Å²) in [5.74, 6) is -0.687. The van der Waals surface area contributed by atoms with Crippen LogP contribution < -0.4 is 5.32 Å². The molecule has 1 saturated carbocycles. The van der Waals surface area contributed by atoms with Gasteiger partial charge in [0.1, 0.15) is 12.2 Å². The van der Waals surface area contributed by atoms with E-state index in [0.29, 0.717) is 0 Å². The topological polar surface area (TPSA) is 113 Å². The molecule has 0 radical (unpaired) electrons. The first kappa shape index (κ1) is 11.8. The number of hydrogen-bond donors (Lipinski definition) is 6. The second-order valence-electron chi connectivity index (χ2n) is 3.62. The molecule has 6 N–H and O–H groups in total. The molecule has 84 valence electrons. The molecule has 0 aliphatic heterocycles. The molecule has 14 heavy (non-hydrogen) atoms. The van der Waals surface area contributed by atoms with Crippen LogP contribution in [0.15, 0.2) is 0 Å². The van der Waals surface area contributed by atoms with E-state index in [0.717, 1.165) is 0 Å². The van der Waals surface area contributed by atoms with Gasteiger partial charge in [-0.25, -0.2) is 0 Å². The summed E-state index contributed by atoms with van der Waals surface area (Å²) in [5.41, 5.74) is 0. The van der Waals surface area contributed by atoms with E-state index in [1.54, 1.807) is 7.05 Å². The molecular weight excluding hydrogens is 190 g/mol. The molecule has 0 bridgehead atoms. The summed E-state index contributed by atoms with van der Waals surface area (Å²) in [6.07, 6.45) is -5.26. The molecule has 0 saturated heterocycles. The minimum Gasteiger partial charge on any atom is -0.396 e. The van der Waals surface area contributed by atoms with E-state index in [9.17, 15) is 20.4 Å². The minimum absolute atomic E-state index is 0.368. The van der Waals surface area contributed by atoms with Crippen LogP contribution in [0.25, 0.3) is 0 Å². The van der Waals surface area contributed by atoms with E-state index in [4.69, 9.17) is 5.11 Å². The van der Waals surface area contributed by atoms with Crippen LogP contribution in [0.5, 0.6) is 0 Å². The Kier molecular flexibility index (Phi) is 3.82. The quantitative estimate of drug-likeness (QED) is 0.282. The molecule has 6 heteroatoms. The van der Waals surface area contributed by atoms with Crippen LogP contribution in [-0.4, -0.2) is 69.6 Å². The number of aliphatic hydroxyl groups is 5. The average molecular weight is 207 g/mol. The standard InChI is InChI=1S/C8H17NO5/c1-9-4-3(2-10)5(11)7(13)8(14)6(4)12/h3-14H,2H2,1H3/t3-,4+,5-,6-,7+,8+/m1/s1. The summed E-state index contributed by atoms with van der Waals surface area (Å²) in [6.45, 7) is -0.368. The zero-order valence-corrected chi connectivity index (χ0v) is 7.91. The van der Waals surface area contributed by atoms with Crippen LogP contribution in [0.3, 0.4) is 0 Å². The Morgan fingerprint density at radius 2 is 1.43 bits per heavy atom. The highest BCUT2D eigenvalue weighted by molar-refractivity contribution is 5.00. The van der Waals surface area contributed by atoms with Gasteiger partial charge in [0.15, 0.2) is 0 Å². The first-order valence-corrected chi connectivity index (χ1v) is 4.55. The highest BCUT2D eigenvalue weighted by Gasteiger charge is 2.47. The van der Waals surface area contributed by atoms with Crippen molar-refractivity contribution in [2.75, 3.05) is 13.7 Å². The molecule has 0 spiro atoms. The first-order chi connectivity index (χ1) is 6.54. The molecule has 6 atom stereocenters. The fourth-order valence-electron chi connectivity index (χ4n) is 1.94. The van der Waals surface area contributed by atoms with Crippen molar-refractivity contribution >= 4 is 0 Å². The van der Waals surface area contributed by atoms with Crippen molar-refractivity contribution in [2.45, 2.75) is 30.5 Å². The summed E-state index contributed by atoms with van der Waals surface area (Å²) >= 11 is 0. The smallest absolute Gasteiger partial charge is 0.110 e. The Labute approximate surface area is 81.8 Å². The van der Waals surface area contributed by atoms with Crippen LogP contribution in [-0.2, 0) is 0 Å². The number of likely N-dealkylation sites (N-methyl/N-ethyl adjacent to an activating group) is 1. The van der Waals surface area contributed by atoms with Crippen molar-refractivity contribution in [1.82, 2.24) is 5.32 Å². The van der Waals surface area contributed by atoms with Crippen molar-refractivity contribution in [2.24, 2.45) is 5.92 Å². The number of aliphatic hydroxyl groups excluding tert-OH is 5. The Morgan fingerprint density at radius 3 is 1.86 bits per heavy atom. The molecule has 0 aromatic heterocycles. The lowest BCUT2D eigenvalue weighted by Gasteiger charge is -2.43. The Bertz CT molecular complexity index is 171. The lowest BCUT2D eigenvalue weighted by molar-refractivity contribution is -0.175. The number of hydrogen-bond acceptors (Lipinski definition) is 6. The fourth-order valence-corrected chi connectivity index (χ4v) is 1.94. The molecular formula is C8H17NO5. The summed E-state index contributed by atoms with van der Waals surface area (Å²) in [5, 5.41) is 49.4. The molecule has 0 heterocycles. The van der Waals surface area contributed by atoms with Gasteiger partial charge in [0, 0.05) is 12.0 Å². The van der Waals surface area contributed by atoms with E-state index in [-0.39, 0.29) is 6.61 Å². The highest BCUT2D eigenvalue weighted by Crippen LogP contribution is 2.25. The van der Waals surface area contributed by atoms with Crippen LogP contribution in [0.1, 0.15) is 0 Å². The van der Waals surface area contributed by atoms with Gasteiger partial charge in [-0.1, -0.05) is 0 Å². The predicted octanol–water partition coefficient (Wildman–Crippen LogP) is -3.36. The van der Waals surface area contributed by atoms with Gasteiger partial charge >= 0.3 is 0 Å². The molecule has 1 aliphatic rings. The van der Waals surface area contributed by atoms with Crippen LogP contribution in [0.4, 0.5) is 0 Å². The Hall–Kier alpha value is -0.240. The largest absolute Gasteiger partial charge is 0.396 e. The molecule has 0 aromatic carbocycles. The second-order valence-corrected chi connectivity index (χ2v) is 3.62. The summed E-state index contributed by atoms with van der Waals surface area (Å²) < 4.78 is 0. The minimum atomic E-state index is -1.42. The maximum atomic E-state index is 9.53. The van der Waals surface area contributed by atoms with E-state index in [1.165, 1.54) is 0 Å². The van der Waals surface area contributed by atoms with Gasteiger partial charge in [0.05, 0.1) is 18.8 Å². The fraction of sp³-hybridized carbons (Fsp3) is 1.00. The van der Waals surface area contributed by atoms with Gasteiger partial charge in [0.25, 0.3) is 0 Å². The maximum absolute atomic E-state index is 9.53. The van der Waals surface area contributed by atoms with Gasteiger partial charge in [-0.15, -0.1) is 0 Å². The number of nitrogens with one attached hydrogen (secondary N) is 1. The zero-order valence-electron chi connectivity index (χ0n) is 7.91. The van der Waals surface area contributed by atoms with Crippen LogP contribution in [0.2, 0.25) is 0 Å².